The molecule has 0 atom stereocenters. The summed E-state index contributed by atoms with van der Waals surface area (Å²) in [6.07, 6.45) is 2.41. The first kappa shape index (κ1) is 11.6. The van der Waals surface area contributed by atoms with Crippen LogP contribution in [0.4, 0.5) is 0 Å². The lowest BCUT2D eigenvalue weighted by atomic mass is 10.2. The standard InChI is InChI=1S/C8H16NO3/c9-6-8(11)7-12-5-3-1-2-4-10/h1-7,9H2. The fourth-order valence-corrected chi connectivity index (χ4v) is 0.728. The van der Waals surface area contributed by atoms with Crippen LogP contribution in [0.15, 0.2) is 0 Å². The lowest BCUT2D eigenvalue weighted by molar-refractivity contribution is -0.122. The number of hydrogen-bond acceptors (Lipinski definition) is 3. The van der Waals surface area contributed by atoms with Crippen molar-refractivity contribution in [3.8, 4) is 0 Å². The van der Waals surface area contributed by atoms with Crippen molar-refractivity contribution in [1.29, 1.82) is 0 Å². The summed E-state index contributed by atoms with van der Waals surface area (Å²) in [5.41, 5.74) is 5.06. The largest absolute Gasteiger partial charge is 0.374 e. The van der Waals surface area contributed by atoms with Gasteiger partial charge in [0.15, 0.2) is 5.78 Å². The summed E-state index contributed by atoms with van der Waals surface area (Å²) in [5, 5.41) is 10.0. The molecule has 0 aliphatic heterocycles. The predicted octanol–water partition coefficient (Wildman–Crippen LogP) is 0.132. The molecule has 4 nitrogen and oxygen atoms in total. The fraction of sp³-hybridized carbons (Fsp3) is 0.875. The highest BCUT2D eigenvalue weighted by Crippen LogP contribution is 1.94. The van der Waals surface area contributed by atoms with Crippen molar-refractivity contribution < 1.29 is 14.6 Å². The van der Waals surface area contributed by atoms with Crippen molar-refractivity contribution >= 4 is 5.78 Å². The molecule has 0 bridgehead atoms. The van der Waals surface area contributed by atoms with Crippen LogP contribution in [-0.2, 0) is 14.6 Å². The zero-order valence-corrected chi connectivity index (χ0v) is 7.25. The summed E-state index contributed by atoms with van der Waals surface area (Å²) in [4.78, 5) is 10.6. The van der Waals surface area contributed by atoms with E-state index in [0.29, 0.717) is 13.0 Å². The van der Waals surface area contributed by atoms with E-state index in [4.69, 9.17) is 10.5 Å². The Balaban J connectivity index is 2.95. The number of Topliss-reactive ketones (excluding diaryl/α,β-unsaturated/α-hetero) is 1. The Morgan fingerprint density at radius 1 is 1.25 bits per heavy atom. The average molecular weight is 174 g/mol. The van der Waals surface area contributed by atoms with Crippen LogP contribution in [0.2, 0.25) is 0 Å². The number of rotatable bonds is 8. The van der Waals surface area contributed by atoms with Crippen LogP contribution in [0.3, 0.4) is 0 Å². The van der Waals surface area contributed by atoms with E-state index in [1.165, 1.54) is 0 Å². The molecule has 71 valence electrons. The van der Waals surface area contributed by atoms with E-state index in [1.54, 1.807) is 0 Å². The third kappa shape index (κ3) is 7.65. The Hall–Kier alpha value is -0.450. The van der Waals surface area contributed by atoms with E-state index in [9.17, 15) is 9.90 Å². The molecule has 1 radical (unpaired) electrons. The molecule has 0 unspecified atom stereocenters. The predicted molar refractivity (Wildman–Crippen MR) is 44.3 cm³/mol. The zero-order valence-electron chi connectivity index (χ0n) is 7.25. The molecule has 12 heavy (non-hydrogen) atoms. The molecule has 0 spiro atoms. The number of ether oxygens (including phenoxy) is 1. The number of unbranched alkanes of at least 4 members (excludes halogenated alkanes) is 2. The van der Waals surface area contributed by atoms with Crippen molar-refractivity contribution in [1.82, 2.24) is 0 Å². The number of ketones is 1. The molecule has 2 N–H and O–H groups in total. The molecule has 4 heteroatoms. The molecule has 0 aliphatic rings. The quantitative estimate of drug-likeness (QED) is 0.532. The molecule has 0 saturated carbocycles. The van der Waals surface area contributed by atoms with Crippen molar-refractivity contribution in [2.45, 2.75) is 19.3 Å². The van der Waals surface area contributed by atoms with E-state index in [0.717, 1.165) is 12.8 Å². The zero-order chi connectivity index (χ0) is 9.23. The molecule has 0 aromatic heterocycles. The van der Waals surface area contributed by atoms with Gasteiger partial charge in [-0.3, -0.25) is 4.79 Å². The maximum atomic E-state index is 10.6. The molecule has 0 saturated heterocycles. The molecule has 0 fully saturated rings. The number of hydrogen-bond donors (Lipinski definition) is 1. The molecule has 0 rings (SSSR count). The highest BCUT2D eigenvalue weighted by Gasteiger charge is 1.97. The first-order chi connectivity index (χ1) is 5.81. The topological polar surface area (TPSA) is 72.2 Å². The lowest BCUT2D eigenvalue weighted by Crippen LogP contribution is -2.19. The third-order valence-corrected chi connectivity index (χ3v) is 1.42. The van der Waals surface area contributed by atoms with Gasteiger partial charge in [0.05, 0.1) is 13.2 Å². The highest BCUT2D eigenvalue weighted by atomic mass is 16.5. The maximum Gasteiger partial charge on any atom is 0.171 e. The van der Waals surface area contributed by atoms with Crippen LogP contribution in [0.25, 0.3) is 0 Å². The van der Waals surface area contributed by atoms with Gasteiger partial charge in [-0.1, -0.05) is 0 Å². The normalized spacial score (nSPS) is 10.2. The summed E-state index contributed by atoms with van der Waals surface area (Å²) in [5.74, 6) is -0.0844. The van der Waals surface area contributed by atoms with Gasteiger partial charge in [-0.15, -0.1) is 0 Å². The van der Waals surface area contributed by atoms with Crippen LogP contribution in [-0.4, -0.2) is 32.1 Å². The van der Waals surface area contributed by atoms with Crippen molar-refractivity contribution in [2.75, 3.05) is 26.4 Å². The SMILES string of the molecule is NCC(=O)COCCCCC[O]. The van der Waals surface area contributed by atoms with Crippen LogP contribution < -0.4 is 5.73 Å². The van der Waals surface area contributed by atoms with Crippen LogP contribution >= 0.6 is 0 Å². The summed E-state index contributed by atoms with van der Waals surface area (Å²) >= 11 is 0. The number of carbonyl (C=O) groups is 1. The van der Waals surface area contributed by atoms with Gasteiger partial charge in [0.25, 0.3) is 0 Å². The number of carbonyl (C=O) groups excluding carboxylic acids is 1. The van der Waals surface area contributed by atoms with Crippen molar-refractivity contribution in [3.05, 3.63) is 0 Å². The molecular formula is C8H16NO3. The Morgan fingerprint density at radius 2 is 2.00 bits per heavy atom. The van der Waals surface area contributed by atoms with E-state index < -0.39 is 0 Å². The molecular weight excluding hydrogens is 158 g/mol. The van der Waals surface area contributed by atoms with Gasteiger partial charge in [-0.25, -0.2) is 5.11 Å². The summed E-state index contributed by atoms with van der Waals surface area (Å²) in [6, 6.07) is 0. The minimum Gasteiger partial charge on any atom is -0.374 e. The fourth-order valence-electron chi connectivity index (χ4n) is 0.728. The first-order valence-electron chi connectivity index (χ1n) is 4.19. The van der Waals surface area contributed by atoms with Gasteiger partial charge < -0.3 is 10.5 Å². The molecule has 0 amide bonds. The third-order valence-electron chi connectivity index (χ3n) is 1.42. The van der Waals surface area contributed by atoms with Crippen molar-refractivity contribution in [3.63, 3.8) is 0 Å². The second-order valence-electron chi connectivity index (χ2n) is 2.56. The summed E-state index contributed by atoms with van der Waals surface area (Å²) in [6.45, 7) is 0.669. The van der Waals surface area contributed by atoms with Gasteiger partial charge in [0, 0.05) is 6.61 Å². The molecule has 0 heterocycles. The molecule has 0 aromatic rings. The minimum absolute atomic E-state index is 0.0261. The maximum absolute atomic E-state index is 10.6. The van der Waals surface area contributed by atoms with E-state index in [-0.39, 0.29) is 25.5 Å². The Bertz CT molecular complexity index is 117. The Kier molecular flexibility index (Phi) is 8.32. The van der Waals surface area contributed by atoms with Gasteiger partial charge in [0.1, 0.15) is 6.61 Å². The smallest absolute Gasteiger partial charge is 0.171 e. The van der Waals surface area contributed by atoms with Gasteiger partial charge >= 0.3 is 0 Å². The second-order valence-corrected chi connectivity index (χ2v) is 2.56. The van der Waals surface area contributed by atoms with Gasteiger partial charge in [-0.2, -0.15) is 0 Å². The average Bonchev–Trinajstić information content (AvgIpc) is 2.10. The Morgan fingerprint density at radius 3 is 2.58 bits per heavy atom. The lowest BCUT2D eigenvalue weighted by Gasteiger charge is -2.00. The number of nitrogens with two attached hydrogens (primary N) is 1. The summed E-state index contributed by atoms with van der Waals surface area (Å²) in [7, 11) is 0. The van der Waals surface area contributed by atoms with Crippen LogP contribution in [0.5, 0.6) is 0 Å². The molecule has 0 aromatic carbocycles. The van der Waals surface area contributed by atoms with Gasteiger partial charge in [-0.05, 0) is 19.3 Å². The molecule has 0 aliphatic carbocycles. The second kappa shape index (κ2) is 8.64. The monoisotopic (exact) mass is 174 g/mol. The van der Waals surface area contributed by atoms with E-state index >= 15 is 0 Å². The van der Waals surface area contributed by atoms with E-state index in [1.807, 2.05) is 0 Å². The highest BCUT2D eigenvalue weighted by molar-refractivity contribution is 5.81. The van der Waals surface area contributed by atoms with Crippen molar-refractivity contribution in [2.24, 2.45) is 5.73 Å². The minimum atomic E-state index is -0.0844. The van der Waals surface area contributed by atoms with Crippen LogP contribution in [0.1, 0.15) is 19.3 Å². The van der Waals surface area contributed by atoms with E-state index in [2.05, 4.69) is 0 Å². The van der Waals surface area contributed by atoms with Gasteiger partial charge in [0.2, 0.25) is 0 Å². The first-order valence-corrected chi connectivity index (χ1v) is 4.19. The summed E-state index contributed by atoms with van der Waals surface area (Å²) < 4.78 is 5.00. The van der Waals surface area contributed by atoms with Crippen LogP contribution in [0, 0.1) is 0 Å². The Labute approximate surface area is 72.7 Å².